The zero-order valence-corrected chi connectivity index (χ0v) is 8.54. The Morgan fingerprint density at radius 2 is 1.79 bits per heavy atom. The number of hydrogen-bond donors (Lipinski definition) is 0. The van der Waals surface area contributed by atoms with E-state index < -0.39 is 0 Å². The molecule has 14 heavy (non-hydrogen) atoms. The molecule has 0 fully saturated rings. The monoisotopic (exact) mass is 190 g/mol. The highest BCUT2D eigenvalue weighted by Crippen LogP contribution is 2.18. The van der Waals surface area contributed by atoms with Crippen LogP contribution in [0.15, 0.2) is 12.1 Å². The van der Waals surface area contributed by atoms with E-state index in [0.717, 1.165) is 36.5 Å². The molecule has 0 aliphatic carbocycles. The number of aryl methyl sites for hydroxylation is 1. The molecule has 0 heterocycles. The second-order valence-corrected chi connectivity index (χ2v) is 3.15. The highest BCUT2D eigenvalue weighted by molar-refractivity contribution is 5.87. The number of hydrogen-bond acceptors (Lipinski definition) is 2. The average molecular weight is 190 g/mol. The topological polar surface area (TPSA) is 34.1 Å². The minimum absolute atomic E-state index is 0.631. The minimum Gasteiger partial charge on any atom is -0.298 e. The number of carbonyl (C=O) groups excluding carboxylic acids is 2. The van der Waals surface area contributed by atoms with Crippen molar-refractivity contribution in [3.05, 3.63) is 34.4 Å². The standard InChI is InChI=1S/C12H14O2/c1-3-9-5-6-10(7-13)11(4-2)12(9)8-14/h5-8H,3-4H2,1-2H3. The Hall–Kier alpha value is -1.44. The van der Waals surface area contributed by atoms with Gasteiger partial charge < -0.3 is 0 Å². The first-order valence-corrected chi connectivity index (χ1v) is 4.83. The smallest absolute Gasteiger partial charge is 0.150 e. The van der Waals surface area contributed by atoms with Gasteiger partial charge in [0, 0.05) is 11.1 Å². The van der Waals surface area contributed by atoms with Gasteiger partial charge in [0.25, 0.3) is 0 Å². The Morgan fingerprint density at radius 1 is 1.07 bits per heavy atom. The molecule has 0 radical (unpaired) electrons. The summed E-state index contributed by atoms with van der Waals surface area (Å²) >= 11 is 0. The van der Waals surface area contributed by atoms with Crippen molar-refractivity contribution in [1.82, 2.24) is 0 Å². The predicted molar refractivity (Wildman–Crippen MR) is 56.0 cm³/mol. The van der Waals surface area contributed by atoms with Crippen molar-refractivity contribution >= 4 is 12.6 Å². The van der Waals surface area contributed by atoms with Gasteiger partial charge in [-0.3, -0.25) is 9.59 Å². The van der Waals surface area contributed by atoms with Gasteiger partial charge in [0.05, 0.1) is 0 Å². The molecule has 0 atom stereocenters. The maximum absolute atomic E-state index is 10.9. The normalized spacial score (nSPS) is 9.86. The lowest BCUT2D eigenvalue weighted by Crippen LogP contribution is -2.01. The molecule has 0 amide bonds. The number of carbonyl (C=O) groups is 2. The van der Waals surface area contributed by atoms with Gasteiger partial charge in [-0.2, -0.15) is 0 Å². The second kappa shape index (κ2) is 4.70. The van der Waals surface area contributed by atoms with Gasteiger partial charge >= 0.3 is 0 Å². The fourth-order valence-electron chi connectivity index (χ4n) is 1.69. The average Bonchev–Trinajstić information content (AvgIpc) is 2.26. The lowest BCUT2D eigenvalue weighted by atomic mass is 9.94. The fraction of sp³-hybridized carbons (Fsp3) is 0.333. The molecule has 1 aromatic carbocycles. The molecule has 0 saturated heterocycles. The number of rotatable bonds is 4. The zero-order chi connectivity index (χ0) is 10.6. The van der Waals surface area contributed by atoms with Crippen LogP contribution in [0.5, 0.6) is 0 Å². The molecule has 0 spiro atoms. The van der Waals surface area contributed by atoms with Crippen LogP contribution in [-0.2, 0) is 12.8 Å². The summed E-state index contributed by atoms with van der Waals surface area (Å²) in [4.78, 5) is 21.7. The molecule has 1 rings (SSSR count). The molecule has 2 heteroatoms. The second-order valence-electron chi connectivity index (χ2n) is 3.15. The van der Waals surface area contributed by atoms with Crippen molar-refractivity contribution < 1.29 is 9.59 Å². The molecule has 0 saturated carbocycles. The first-order valence-electron chi connectivity index (χ1n) is 4.83. The summed E-state index contributed by atoms with van der Waals surface area (Å²) in [5, 5.41) is 0. The third-order valence-corrected chi connectivity index (χ3v) is 2.46. The van der Waals surface area contributed by atoms with Gasteiger partial charge in [-0.1, -0.05) is 26.0 Å². The molecule has 2 nitrogen and oxygen atoms in total. The van der Waals surface area contributed by atoms with E-state index in [4.69, 9.17) is 0 Å². The molecular weight excluding hydrogens is 176 g/mol. The summed E-state index contributed by atoms with van der Waals surface area (Å²) in [6.45, 7) is 3.96. The maximum atomic E-state index is 10.9. The van der Waals surface area contributed by atoms with Crippen LogP contribution in [0.3, 0.4) is 0 Å². The van der Waals surface area contributed by atoms with Crippen LogP contribution in [0.4, 0.5) is 0 Å². The molecule has 74 valence electrons. The van der Waals surface area contributed by atoms with E-state index in [1.807, 2.05) is 19.9 Å². The summed E-state index contributed by atoms with van der Waals surface area (Å²) in [6, 6.07) is 3.64. The molecule has 0 N–H and O–H groups in total. The molecule has 1 aromatic rings. The van der Waals surface area contributed by atoms with Crippen molar-refractivity contribution in [3.8, 4) is 0 Å². The summed E-state index contributed by atoms with van der Waals surface area (Å²) in [5.41, 5.74) is 3.21. The lowest BCUT2D eigenvalue weighted by Gasteiger charge is -2.09. The van der Waals surface area contributed by atoms with Gasteiger partial charge in [-0.15, -0.1) is 0 Å². The zero-order valence-electron chi connectivity index (χ0n) is 8.54. The summed E-state index contributed by atoms with van der Waals surface area (Å²) in [5.74, 6) is 0. The Kier molecular flexibility index (Phi) is 3.57. The summed E-state index contributed by atoms with van der Waals surface area (Å²) < 4.78 is 0. The van der Waals surface area contributed by atoms with E-state index in [0.29, 0.717) is 11.1 Å². The maximum Gasteiger partial charge on any atom is 0.150 e. The van der Waals surface area contributed by atoms with E-state index in [2.05, 4.69) is 0 Å². The molecule has 0 aliphatic heterocycles. The van der Waals surface area contributed by atoms with Gasteiger partial charge in [0.1, 0.15) is 6.29 Å². The Bertz CT molecular complexity index is 354. The van der Waals surface area contributed by atoms with Crippen molar-refractivity contribution in [1.29, 1.82) is 0 Å². The van der Waals surface area contributed by atoms with Crippen LogP contribution < -0.4 is 0 Å². The van der Waals surface area contributed by atoms with E-state index in [-0.39, 0.29) is 0 Å². The highest BCUT2D eigenvalue weighted by atomic mass is 16.1. The van der Waals surface area contributed by atoms with Gasteiger partial charge in [0.2, 0.25) is 0 Å². The minimum atomic E-state index is 0.631. The molecule has 0 bridgehead atoms. The largest absolute Gasteiger partial charge is 0.298 e. The highest BCUT2D eigenvalue weighted by Gasteiger charge is 2.09. The van der Waals surface area contributed by atoms with Gasteiger partial charge in [-0.05, 0) is 24.0 Å². The van der Waals surface area contributed by atoms with E-state index >= 15 is 0 Å². The van der Waals surface area contributed by atoms with Crippen molar-refractivity contribution in [2.45, 2.75) is 26.7 Å². The van der Waals surface area contributed by atoms with Crippen LogP contribution >= 0.6 is 0 Å². The molecule has 0 aromatic heterocycles. The Morgan fingerprint density at radius 3 is 2.21 bits per heavy atom. The Labute approximate surface area is 83.9 Å². The number of benzene rings is 1. The number of aldehydes is 2. The first kappa shape index (κ1) is 10.6. The third-order valence-electron chi connectivity index (χ3n) is 2.46. The van der Waals surface area contributed by atoms with E-state index in [1.54, 1.807) is 6.07 Å². The first-order chi connectivity index (χ1) is 6.78. The van der Waals surface area contributed by atoms with Crippen molar-refractivity contribution in [2.24, 2.45) is 0 Å². The van der Waals surface area contributed by atoms with Crippen LogP contribution in [0.2, 0.25) is 0 Å². The van der Waals surface area contributed by atoms with Crippen LogP contribution in [-0.4, -0.2) is 12.6 Å². The van der Waals surface area contributed by atoms with E-state index in [1.165, 1.54) is 0 Å². The molecule has 0 aliphatic rings. The lowest BCUT2D eigenvalue weighted by molar-refractivity contribution is 0.112. The van der Waals surface area contributed by atoms with Crippen LogP contribution in [0, 0.1) is 0 Å². The van der Waals surface area contributed by atoms with Crippen molar-refractivity contribution in [2.75, 3.05) is 0 Å². The van der Waals surface area contributed by atoms with Crippen molar-refractivity contribution in [3.63, 3.8) is 0 Å². The summed E-state index contributed by atoms with van der Waals surface area (Å²) in [7, 11) is 0. The third kappa shape index (κ3) is 1.74. The van der Waals surface area contributed by atoms with Gasteiger partial charge in [-0.25, -0.2) is 0 Å². The SMILES string of the molecule is CCc1ccc(C=O)c(CC)c1C=O. The van der Waals surface area contributed by atoms with Gasteiger partial charge in [0.15, 0.2) is 6.29 Å². The summed E-state index contributed by atoms with van der Waals surface area (Å²) in [6.07, 6.45) is 3.20. The molecule has 0 unspecified atom stereocenters. The van der Waals surface area contributed by atoms with Crippen LogP contribution in [0.25, 0.3) is 0 Å². The van der Waals surface area contributed by atoms with E-state index in [9.17, 15) is 9.59 Å². The van der Waals surface area contributed by atoms with Crippen LogP contribution in [0.1, 0.15) is 45.7 Å². The quantitative estimate of drug-likeness (QED) is 0.683. The fourth-order valence-corrected chi connectivity index (χ4v) is 1.69. The Balaban J connectivity index is 3.43. The predicted octanol–water partition coefficient (Wildman–Crippen LogP) is 2.44. The molecular formula is C12H14O2.